The van der Waals surface area contributed by atoms with Gasteiger partial charge in [-0.1, -0.05) is 41.9 Å². The van der Waals surface area contributed by atoms with Crippen molar-refractivity contribution >= 4 is 21.6 Å². The smallest absolute Gasteiger partial charge is 0.207 e. The first-order valence-electron chi connectivity index (χ1n) is 6.32. The van der Waals surface area contributed by atoms with Crippen molar-refractivity contribution in [2.45, 2.75) is 17.9 Å². The molecule has 0 aliphatic rings. The third kappa shape index (κ3) is 3.10. The number of nitrogens with zero attached hydrogens (tertiary/aromatic N) is 1. The minimum absolute atomic E-state index is 0.341. The Morgan fingerprint density at radius 2 is 1.67 bits per heavy atom. The fourth-order valence-corrected chi connectivity index (χ4v) is 3.73. The monoisotopic (exact) mass is 327 g/mol. The second-order valence-electron chi connectivity index (χ2n) is 4.65. The molecule has 0 N–H and O–H groups in total. The van der Waals surface area contributed by atoms with Crippen molar-refractivity contribution in [1.29, 1.82) is 0 Å². The van der Waals surface area contributed by atoms with Gasteiger partial charge in [-0.25, -0.2) is 12.8 Å². The maximum absolute atomic E-state index is 13.8. The van der Waals surface area contributed by atoms with Crippen LogP contribution >= 0.6 is 11.6 Å². The van der Waals surface area contributed by atoms with Crippen molar-refractivity contribution in [1.82, 2.24) is 4.31 Å². The molecule has 1 unspecified atom stereocenters. The molecule has 1 atom stereocenters. The lowest BCUT2D eigenvalue weighted by molar-refractivity contribution is 0.395. The van der Waals surface area contributed by atoms with Crippen LogP contribution < -0.4 is 0 Å². The zero-order valence-electron chi connectivity index (χ0n) is 11.6. The van der Waals surface area contributed by atoms with E-state index in [2.05, 4.69) is 0 Å². The van der Waals surface area contributed by atoms with Crippen molar-refractivity contribution in [3.05, 3.63) is 64.9 Å². The van der Waals surface area contributed by atoms with E-state index in [1.165, 1.54) is 25.2 Å². The highest BCUT2D eigenvalue weighted by atomic mass is 35.5. The molecule has 2 rings (SSSR count). The van der Waals surface area contributed by atoms with E-state index >= 15 is 0 Å². The summed E-state index contributed by atoms with van der Waals surface area (Å²) in [5, 5.41) is 0.473. The molecular formula is C15H15ClFNO2S. The first-order chi connectivity index (χ1) is 9.85. The summed E-state index contributed by atoms with van der Waals surface area (Å²) in [5.74, 6) is -0.768. The Hall–Kier alpha value is -1.43. The largest absolute Gasteiger partial charge is 0.246 e. The summed E-state index contributed by atoms with van der Waals surface area (Å²) in [6.45, 7) is 1.71. The van der Waals surface area contributed by atoms with Gasteiger partial charge in [0.25, 0.3) is 0 Å². The maximum Gasteiger partial charge on any atom is 0.246 e. The van der Waals surface area contributed by atoms with Gasteiger partial charge in [0.2, 0.25) is 10.0 Å². The summed E-state index contributed by atoms with van der Waals surface area (Å²) in [6, 6.07) is 11.8. The standard InChI is InChI=1S/C15H15ClFNO2S/c1-11(12-7-3-4-8-13(12)16)18(2)21(19,20)15-10-6-5-9-14(15)17/h3-11H,1-2H3. The quantitative estimate of drug-likeness (QED) is 0.855. The molecule has 0 aliphatic heterocycles. The molecule has 112 valence electrons. The van der Waals surface area contributed by atoms with Gasteiger partial charge in [-0.15, -0.1) is 0 Å². The van der Waals surface area contributed by atoms with Gasteiger partial charge in [0.05, 0.1) is 0 Å². The summed E-state index contributed by atoms with van der Waals surface area (Å²) in [7, 11) is -2.52. The van der Waals surface area contributed by atoms with Crippen molar-refractivity contribution in [3.8, 4) is 0 Å². The number of hydrogen-bond donors (Lipinski definition) is 0. The van der Waals surface area contributed by atoms with E-state index in [1.54, 1.807) is 31.2 Å². The second kappa shape index (κ2) is 6.13. The molecule has 2 aromatic carbocycles. The Kier molecular flexibility index (Phi) is 4.66. The van der Waals surface area contributed by atoms with Gasteiger partial charge >= 0.3 is 0 Å². The summed E-state index contributed by atoms with van der Waals surface area (Å²) >= 11 is 6.09. The predicted octanol–water partition coefficient (Wildman–Crippen LogP) is 3.86. The van der Waals surface area contributed by atoms with Gasteiger partial charge in [0.15, 0.2) is 0 Å². The second-order valence-corrected chi connectivity index (χ2v) is 7.02. The Bertz CT molecular complexity index is 749. The van der Waals surface area contributed by atoms with Crippen molar-refractivity contribution in [2.24, 2.45) is 0 Å². The van der Waals surface area contributed by atoms with E-state index in [0.29, 0.717) is 10.6 Å². The molecule has 0 heterocycles. The van der Waals surface area contributed by atoms with Crippen molar-refractivity contribution in [3.63, 3.8) is 0 Å². The Morgan fingerprint density at radius 3 is 2.29 bits per heavy atom. The van der Waals surface area contributed by atoms with Gasteiger partial charge in [-0.2, -0.15) is 4.31 Å². The zero-order chi connectivity index (χ0) is 15.6. The molecule has 0 bridgehead atoms. The lowest BCUT2D eigenvalue weighted by atomic mass is 10.1. The molecular weight excluding hydrogens is 313 g/mol. The van der Waals surface area contributed by atoms with Crippen molar-refractivity contribution in [2.75, 3.05) is 7.05 Å². The highest BCUT2D eigenvalue weighted by Crippen LogP contribution is 2.30. The predicted molar refractivity (Wildman–Crippen MR) is 81.2 cm³/mol. The van der Waals surface area contributed by atoms with Gasteiger partial charge in [-0.3, -0.25) is 0 Å². The average Bonchev–Trinajstić information content (AvgIpc) is 2.46. The minimum Gasteiger partial charge on any atom is -0.207 e. The number of sulfonamides is 1. The minimum atomic E-state index is -3.93. The molecule has 2 aromatic rings. The van der Waals surface area contributed by atoms with E-state index < -0.39 is 21.9 Å². The molecule has 0 saturated heterocycles. The van der Waals surface area contributed by atoms with Crippen LogP contribution in [0, 0.1) is 5.82 Å². The highest BCUT2D eigenvalue weighted by molar-refractivity contribution is 7.89. The van der Waals surface area contributed by atoms with Crippen LogP contribution in [-0.2, 0) is 10.0 Å². The number of halogens is 2. The first kappa shape index (κ1) is 15.9. The van der Waals surface area contributed by atoms with Crippen LogP contribution in [0.3, 0.4) is 0 Å². The van der Waals surface area contributed by atoms with E-state index in [-0.39, 0.29) is 4.90 Å². The summed E-state index contributed by atoms with van der Waals surface area (Å²) in [5.41, 5.74) is 0.668. The van der Waals surface area contributed by atoms with E-state index in [4.69, 9.17) is 11.6 Å². The van der Waals surface area contributed by atoms with Crippen LogP contribution in [0.4, 0.5) is 4.39 Å². The number of benzene rings is 2. The van der Waals surface area contributed by atoms with Crippen LogP contribution in [0.1, 0.15) is 18.5 Å². The SMILES string of the molecule is CC(c1ccccc1Cl)N(C)S(=O)(=O)c1ccccc1F. The van der Waals surface area contributed by atoms with E-state index in [9.17, 15) is 12.8 Å². The van der Waals surface area contributed by atoms with Crippen LogP contribution in [0.2, 0.25) is 5.02 Å². The van der Waals surface area contributed by atoms with Crippen LogP contribution in [0.25, 0.3) is 0 Å². The number of rotatable bonds is 4. The fourth-order valence-electron chi connectivity index (χ4n) is 2.03. The maximum atomic E-state index is 13.8. The molecule has 0 radical (unpaired) electrons. The normalized spacial score (nSPS) is 13.4. The summed E-state index contributed by atoms with van der Waals surface area (Å²) in [4.78, 5) is -0.341. The molecule has 0 spiro atoms. The van der Waals surface area contributed by atoms with Crippen LogP contribution in [0.15, 0.2) is 53.4 Å². The highest BCUT2D eigenvalue weighted by Gasteiger charge is 2.29. The molecule has 21 heavy (non-hydrogen) atoms. The lowest BCUT2D eigenvalue weighted by Gasteiger charge is -2.25. The number of hydrogen-bond acceptors (Lipinski definition) is 2. The van der Waals surface area contributed by atoms with Gasteiger partial charge < -0.3 is 0 Å². The molecule has 3 nitrogen and oxygen atoms in total. The van der Waals surface area contributed by atoms with Crippen molar-refractivity contribution < 1.29 is 12.8 Å². The first-order valence-corrected chi connectivity index (χ1v) is 8.14. The van der Waals surface area contributed by atoms with Gasteiger partial charge in [-0.05, 0) is 30.7 Å². The molecule has 0 fully saturated rings. The third-order valence-corrected chi connectivity index (χ3v) is 5.70. The third-order valence-electron chi connectivity index (χ3n) is 3.39. The van der Waals surface area contributed by atoms with Gasteiger partial charge in [0.1, 0.15) is 10.7 Å². The fraction of sp³-hybridized carbons (Fsp3) is 0.200. The van der Waals surface area contributed by atoms with Crippen LogP contribution in [-0.4, -0.2) is 19.8 Å². The average molecular weight is 328 g/mol. The van der Waals surface area contributed by atoms with Gasteiger partial charge in [0, 0.05) is 18.1 Å². The molecule has 6 heteroatoms. The Balaban J connectivity index is 2.42. The Labute approximate surface area is 129 Å². The summed E-state index contributed by atoms with van der Waals surface area (Å²) in [6.07, 6.45) is 0. The van der Waals surface area contributed by atoms with E-state index in [0.717, 1.165) is 10.4 Å². The summed E-state index contributed by atoms with van der Waals surface area (Å²) < 4.78 is 39.9. The molecule has 0 aliphatic carbocycles. The molecule has 0 aromatic heterocycles. The lowest BCUT2D eigenvalue weighted by Crippen LogP contribution is -2.30. The van der Waals surface area contributed by atoms with Crippen LogP contribution in [0.5, 0.6) is 0 Å². The Morgan fingerprint density at radius 1 is 1.10 bits per heavy atom. The molecule has 0 saturated carbocycles. The zero-order valence-corrected chi connectivity index (χ0v) is 13.2. The van der Waals surface area contributed by atoms with E-state index in [1.807, 2.05) is 0 Å². The topological polar surface area (TPSA) is 37.4 Å². The molecule has 0 amide bonds.